The first-order valence-corrected chi connectivity index (χ1v) is 7.91. The minimum atomic E-state index is -0.279. The molecule has 1 fully saturated rings. The first kappa shape index (κ1) is 15.5. The third kappa shape index (κ3) is 3.19. The van der Waals surface area contributed by atoms with Crippen molar-refractivity contribution < 1.29 is 9.59 Å². The Morgan fingerprint density at radius 1 is 1.17 bits per heavy atom. The van der Waals surface area contributed by atoms with Gasteiger partial charge in [0.1, 0.15) is 0 Å². The summed E-state index contributed by atoms with van der Waals surface area (Å²) in [6, 6.07) is 13.9. The quantitative estimate of drug-likeness (QED) is 0.823. The summed E-state index contributed by atoms with van der Waals surface area (Å²) < 4.78 is 0. The van der Waals surface area contributed by atoms with E-state index in [4.69, 9.17) is 0 Å². The lowest BCUT2D eigenvalue weighted by Gasteiger charge is -2.19. The third-order valence-corrected chi connectivity index (χ3v) is 4.23. The number of nitrogens with one attached hydrogen (secondary N) is 2. The molecule has 0 bridgehead atoms. The molecule has 1 aliphatic rings. The van der Waals surface area contributed by atoms with Crippen LogP contribution in [0.3, 0.4) is 0 Å². The minimum Gasteiger partial charge on any atom is -0.355 e. The number of carbonyl (C=O) groups is 2. The van der Waals surface area contributed by atoms with Gasteiger partial charge in [0.05, 0.1) is 11.6 Å². The van der Waals surface area contributed by atoms with Crippen molar-refractivity contribution >= 4 is 28.3 Å². The van der Waals surface area contributed by atoms with Crippen molar-refractivity contribution in [3.05, 3.63) is 42.5 Å². The van der Waals surface area contributed by atoms with E-state index in [0.29, 0.717) is 13.1 Å². The van der Waals surface area contributed by atoms with Crippen molar-refractivity contribution in [3.63, 3.8) is 0 Å². The Bertz CT molecular complexity index is 724. The topological polar surface area (TPSA) is 61.4 Å². The highest BCUT2D eigenvalue weighted by atomic mass is 16.2. The summed E-state index contributed by atoms with van der Waals surface area (Å²) in [5.41, 5.74) is 0.888. The maximum Gasteiger partial charge on any atom is 0.227 e. The second-order valence-electron chi connectivity index (χ2n) is 5.80. The summed E-state index contributed by atoms with van der Waals surface area (Å²) in [6.45, 7) is 1.74. The average molecular weight is 311 g/mol. The van der Waals surface area contributed by atoms with Gasteiger partial charge in [0, 0.05) is 31.4 Å². The number of likely N-dealkylation sites (N-methyl/N-ethyl adjacent to an activating group) is 1. The highest BCUT2D eigenvalue weighted by Crippen LogP contribution is 2.31. The Balaban J connectivity index is 1.78. The Kier molecular flexibility index (Phi) is 4.57. The van der Waals surface area contributed by atoms with Gasteiger partial charge in [-0.15, -0.1) is 0 Å². The van der Waals surface area contributed by atoms with Crippen molar-refractivity contribution in [3.8, 4) is 0 Å². The van der Waals surface area contributed by atoms with Crippen LogP contribution >= 0.6 is 0 Å². The van der Waals surface area contributed by atoms with Gasteiger partial charge in [0.15, 0.2) is 0 Å². The number of hydrogen-bond acceptors (Lipinski definition) is 3. The summed E-state index contributed by atoms with van der Waals surface area (Å²) in [5, 5.41) is 8.00. The van der Waals surface area contributed by atoms with Crippen LogP contribution in [0.15, 0.2) is 42.5 Å². The highest BCUT2D eigenvalue weighted by Gasteiger charge is 2.35. The summed E-state index contributed by atoms with van der Waals surface area (Å²) in [6.07, 6.45) is 0.272. The number of fused-ring (bicyclic) bond motifs is 1. The normalized spacial score (nSPS) is 17.7. The van der Waals surface area contributed by atoms with E-state index in [1.807, 2.05) is 49.5 Å². The fourth-order valence-electron chi connectivity index (χ4n) is 3.01. The van der Waals surface area contributed by atoms with Gasteiger partial charge >= 0.3 is 0 Å². The summed E-state index contributed by atoms with van der Waals surface area (Å²) in [4.78, 5) is 26.3. The molecule has 3 rings (SSSR count). The van der Waals surface area contributed by atoms with Gasteiger partial charge in [-0.25, -0.2) is 0 Å². The molecule has 2 aromatic rings. The van der Waals surface area contributed by atoms with E-state index in [1.165, 1.54) is 0 Å². The van der Waals surface area contributed by atoms with Crippen LogP contribution in [0.5, 0.6) is 0 Å². The number of nitrogens with zero attached hydrogens (tertiary/aromatic N) is 1. The van der Waals surface area contributed by atoms with Crippen LogP contribution in [-0.4, -0.2) is 38.5 Å². The average Bonchev–Trinajstić information content (AvgIpc) is 2.96. The van der Waals surface area contributed by atoms with Gasteiger partial charge in [-0.2, -0.15) is 0 Å². The van der Waals surface area contributed by atoms with Crippen LogP contribution in [0.25, 0.3) is 10.8 Å². The SMILES string of the molecule is CNCCNC(=O)C1CC(=O)N(c2cccc3ccccc23)C1. The van der Waals surface area contributed by atoms with Gasteiger partial charge in [-0.3, -0.25) is 9.59 Å². The van der Waals surface area contributed by atoms with Crippen LogP contribution in [0.4, 0.5) is 5.69 Å². The maximum absolute atomic E-state index is 12.4. The third-order valence-electron chi connectivity index (χ3n) is 4.23. The highest BCUT2D eigenvalue weighted by molar-refractivity contribution is 6.06. The molecular weight excluding hydrogens is 290 g/mol. The first-order chi connectivity index (χ1) is 11.2. The molecule has 23 heavy (non-hydrogen) atoms. The molecule has 1 saturated heterocycles. The summed E-state index contributed by atoms with van der Waals surface area (Å²) in [5.74, 6) is -0.315. The molecule has 1 atom stereocenters. The van der Waals surface area contributed by atoms with Crippen LogP contribution < -0.4 is 15.5 Å². The van der Waals surface area contributed by atoms with Crippen LogP contribution in [-0.2, 0) is 9.59 Å². The van der Waals surface area contributed by atoms with Crippen molar-refractivity contribution in [1.29, 1.82) is 0 Å². The van der Waals surface area contributed by atoms with Crippen molar-refractivity contribution in [1.82, 2.24) is 10.6 Å². The van der Waals surface area contributed by atoms with Crippen molar-refractivity contribution in [2.75, 3.05) is 31.6 Å². The second kappa shape index (κ2) is 6.79. The van der Waals surface area contributed by atoms with E-state index in [9.17, 15) is 9.59 Å². The minimum absolute atomic E-state index is 0.00937. The molecular formula is C18H21N3O2. The fraction of sp³-hybridized carbons (Fsp3) is 0.333. The smallest absolute Gasteiger partial charge is 0.227 e. The lowest BCUT2D eigenvalue weighted by molar-refractivity contribution is -0.126. The molecule has 0 aromatic heterocycles. The van der Waals surface area contributed by atoms with Crippen LogP contribution in [0.2, 0.25) is 0 Å². The summed E-state index contributed by atoms with van der Waals surface area (Å²) >= 11 is 0. The lowest BCUT2D eigenvalue weighted by Crippen LogP contribution is -2.36. The van der Waals surface area contributed by atoms with Crippen LogP contribution in [0.1, 0.15) is 6.42 Å². The van der Waals surface area contributed by atoms with Crippen LogP contribution in [0, 0.1) is 5.92 Å². The first-order valence-electron chi connectivity index (χ1n) is 7.91. The Labute approximate surface area is 135 Å². The number of carbonyl (C=O) groups excluding carboxylic acids is 2. The van der Waals surface area contributed by atoms with E-state index in [0.717, 1.165) is 23.0 Å². The lowest BCUT2D eigenvalue weighted by atomic mass is 10.1. The molecule has 0 saturated carbocycles. The van der Waals surface area contributed by atoms with Gasteiger partial charge in [-0.1, -0.05) is 36.4 Å². The molecule has 0 radical (unpaired) electrons. The molecule has 5 nitrogen and oxygen atoms in total. The predicted octanol–water partition coefficient (Wildman–Crippen LogP) is 1.53. The monoisotopic (exact) mass is 311 g/mol. The molecule has 0 aliphatic carbocycles. The van der Waals surface area contributed by atoms with E-state index in [1.54, 1.807) is 4.90 Å². The summed E-state index contributed by atoms with van der Waals surface area (Å²) in [7, 11) is 1.84. The Morgan fingerprint density at radius 3 is 2.78 bits per heavy atom. The Morgan fingerprint density at radius 2 is 1.96 bits per heavy atom. The molecule has 120 valence electrons. The van der Waals surface area contributed by atoms with Crippen molar-refractivity contribution in [2.24, 2.45) is 5.92 Å². The Hall–Kier alpha value is -2.40. The van der Waals surface area contributed by atoms with Crippen molar-refractivity contribution in [2.45, 2.75) is 6.42 Å². The van der Waals surface area contributed by atoms with Gasteiger partial charge < -0.3 is 15.5 Å². The number of anilines is 1. The molecule has 0 spiro atoms. The maximum atomic E-state index is 12.4. The number of amides is 2. The zero-order valence-corrected chi connectivity index (χ0v) is 13.2. The van der Waals surface area contributed by atoms with E-state index in [2.05, 4.69) is 10.6 Å². The van der Waals surface area contributed by atoms with Gasteiger partial charge in [-0.05, 0) is 18.5 Å². The molecule has 5 heteroatoms. The predicted molar refractivity (Wildman–Crippen MR) is 91.3 cm³/mol. The van der Waals surface area contributed by atoms with E-state index >= 15 is 0 Å². The number of benzene rings is 2. The van der Waals surface area contributed by atoms with E-state index in [-0.39, 0.29) is 24.2 Å². The standard InChI is InChI=1S/C18H21N3O2/c1-19-9-10-20-18(23)14-11-17(22)21(12-14)16-8-4-6-13-5-2-3-7-15(13)16/h2-8,14,19H,9-12H2,1H3,(H,20,23). The van der Waals surface area contributed by atoms with Gasteiger partial charge in [0.25, 0.3) is 0 Å². The zero-order chi connectivity index (χ0) is 16.2. The molecule has 2 N–H and O–H groups in total. The number of hydrogen-bond donors (Lipinski definition) is 2. The second-order valence-corrected chi connectivity index (χ2v) is 5.80. The molecule has 1 unspecified atom stereocenters. The molecule has 2 amide bonds. The van der Waals surface area contributed by atoms with E-state index < -0.39 is 0 Å². The zero-order valence-electron chi connectivity index (χ0n) is 13.2. The fourth-order valence-corrected chi connectivity index (χ4v) is 3.01. The molecule has 1 aliphatic heterocycles. The molecule has 2 aromatic carbocycles. The van der Waals surface area contributed by atoms with Gasteiger partial charge in [0.2, 0.25) is 11.8 Å². The number of rotatable bonds is 5. The molecule has 1 heterocycles. The largest absolute Gasteiger partial charge is 0.355 e.